The van der Waals surface area contributed by atoms with Gasteiger partial charge >= 0.3 is 5.97 Å². The molecule has 1 heterocycles. The lowest BCUT2D eigenvalue weighted by Crippen LogP contribution is -2.50. The smallest absolute Gasteiger partial charge is 0.303 e. The third-order valence-electron chi connectivity index (χ3n) is 4.38. The minimum atomic E-state index is -0.476. The van der Waals surface area contributed by atoms with E-state index in [-0.39, 0.29) is 24.3 Å². The van der Waals surface area contributed by atoms with E-state index in [2.05, 4.69) is 20.8 Å². The highest BCUT2D eigenvalue weighted by Crippen LogP contribution is 2.23. The van der Waals surface area contributed by atoms with Crippen molar-refractivity contribution in [2.24, 2.45) is 0 Å². The Bertz CT molecular complexity index is 362. The average Bonchev–Trinajstić information content (AvgIpc) is 2.76. The zero-order valence-electron chi connectivity index (χ0n) is 17.0. The van der Waals surface area contributed by atoms with E-state index < -0.39 is 6.10 Å². The predicted octanol–water partition coefficient (Wildman–Crippen LogP) is 3.50. The first kappa shape index (κ1) is 23.3. The molecule has 26 heavy (non-hydrogen) atoms. The molecule has 0 aromatic carbocycles. The van der Waals surface area contributed by atoms with Crippen LogP contribution in [0.5, 0.6) is 0 Å². The summed E-state index contributed by atoms with van der Waals surface area (Å²) in [4.78, 5) is 11.6. The van der Waals surface area contributed by atoms with Crippen molar-refractivity contribution >= 4 is 5.97 Å². The summed E-state index contributed by atoms with van der Waals surface area (Å²) in [5, 5.41) is 0. The molecule has 4 atom stereocenters. The fourth-order valence-corrected chi connectivity index (χ4v) is 2.88. The van der Waals surface area contributed by atoms with Gasteiger partial charge in [-0.05, 0) is 19.3 Å². The molecule has 0 aromatic heterocycles. The van der Waals surface area contributed by atoms with Crippen LogP contribution in [0.3, 0.4) is 0 Å². The van der Waals surface area contributed by atoms with Crippen LogP contribution in [0.2, 0.25) is 0 Å². The monoisotopic (exact) mass is 374 g/mol. The van der Waals surface area contributed by atoms with Gasteiger partial charge in [-0.2, -0.15) is 0 Å². The fraction of sp³-hybridized carbons (Fsp3) is 0.950. The summed E-state index contributed by atoms with van der Waals surface area (Å²) in [6.45, 7) is 10.4. The lowest BCUT2D eigenvalue weighted by molar-refractivity contribution is -0.178. The van der Waals surface area contributed by atoms with Gasteiger partial charge in [0.2, 0.25) is 0 Å². The van der Waals surface area contributed by atoms with Crippen molar-refractivity contribution in [1.29, 1.82) is 0 Å². The second-order valence-electron chi connectivity index (χ2n) is 6.83. The van der Waals surface area contributed by atoms with Crippen LogP contribution in [-0.2, 0) is 28.5 Å². The molecule has 1 fully saturated rings. The zero-order chi connectivity index (χ0) is 19.2. The van der Waals surface area contributed by atoms with Gasteiger partial charge < -0.3 is 23.7 Å². The molecular formula is C20H38O6. The second kappa shape index (κ2) is 14.4. The molecule has 0 aromatic rings. The Balaban J connectivity index is 2.90. The van der Waals surface area contributed by atoms with Crippen LogP contribution in [0.4, 0.5) is 0 Å². The molecule has 0 amide bonds. The average molecular weight is 375 g/mol. The third kappa shape index (κ3) is 8.80. The Morgan fingerprint density at radius 1 is 0.808 bits per heavy atom. The van der Waals surface area contributed by atoms with E-state index in [0.717, 1.165) is 38.5 Å². The number of carbonyl (C=O) groups excluding carboxylic acids is 1. The van der Waals surface area contributed by atoms with E-state index in [9.17, 15) is 4.79 Å². The molecule has 1 aliphatic heterocycles. The van der Waals surface area contributed by atoms with Crippen molar-refractivity contribution in [3.8, 4) is 0 Å². The molecule has 1 saturated heterocycles. The minimum absolute atomic E-state index is 0.217. The molecule has 1 rings (SSSR count). The number of hydrogen-bond donors (Lipinski definition) is 0. The molecule has 0 N–H and O–H groups in total. The first-order chi connectivity index (χ1) is 12.6. The van der Waals surface area contributed by atoms with Gasteiger partial charge in [0.05, 0.1) is 13.2 Å². The molecular weight excluding hydrogens is 336 g/mol. The van der Waals surface area contributed by atoms with Crippen LogP contribution in [-0.4, -0.2) is 63.4 Å². The normalized spacial score (nSPS) is 26.5. The summed E-state index contributed by atoms with van der Waals surface area (Å²) in [6, 6.07) is 0. The van der Waals surface area contributed by atoms with Crippen molar-refractivity contribution in [2.45, 2.75) is 90.6 Å². The van der Waals surface area contributed by atoms with Crippen molar-refractivity contribution in [2.75, 3.05) is 33.0 Å². The maximum Gasteiger partial charge on any atom is 0.303 e. The molecule has 154 valence electrons. The summed E-state index contributed by atoms with van der Waals surface area (Å²) in [7, 11) is 0. The lowest BCUT2D eigenvalue weighted by Gasteiger charge is -2.33. The summed E-state index contributed by atoms with van der Waals surface area (Å²) in [6.07, 6.45) is 4.71. The van der Waals surface area contributed by atoms with Gasteiger partial charge in [-0.1, -0.05) is 40.0 Å². The maximum absolute atomic E-state index is 11.6. The summed E-state index contributed by atoms with van der Waals surface area (Å²) in [5.74, 6) is -0.333. The molecule has 0 saturated carbocycles. The van der Waals surface area contributed by atoms with Crippen LogP contribution < -0.4 is 0 Å². The topological polar surface area (TPSA) is 63.2 Å². The van der Waals surface area contributed by atoms with Crippen molar-refractivity contribution in [1.82, 2.24) is 0 Å². The van der Waals surface area contributed by atoms with E-state index in [4.69, 9.17) is 23.7 Å². The summed E-state index contributed by atoms with van der Waals surface area (Å²) in [5.41, 5.74) is 0. The van der Waals surface area contributed by atoms with Gasteiger partial charge in [0, 0.05) is 26.7 Å². The van der Waals surface area contributed by atoms with Crippen LogP contribution in [0, 0.1) is 0 Å². The van der Waals surface area contributed by atoms with Crippen molar-refractivity contribution < 1.29 is 28.5 Å². The third-order valence-corrected chi connectivity index (χ3v) is 4.38. The summed E-state index contributed by atoms with van der Waals surface area (Å²) < 4.78 is 29.6. The van der Waals surface area contributed by atoms with Crippen molar-refractivity contribution in [3.63, 3.8) is 0 Å². The van der Waals surface area contributed by atoms with E-state index in [1.54, 1.807) is 0 Å². The number of esters is 1. The fourth-order valence-electron chi connectivity index (χ4n) is 2.88. The first-order valence-corrected chi connectivity index (χ1v) is 10.2. The highest BCUT2D eigenvalue weighted by molar-refractivity contribution is 5.66. The number of hydrogen-bond acceptors (Lipinski definition) is 6. The second-order valence-corrected chi connectivity index (χ2v) is 6.83. The largest absolute Gasteiger partial charge is 0.457 e. The molecule has 1 aliphatic rings. The SMILES string of the molecule is CCCCOC1C(OC(C)=O)COC[C@@H](OCCCC)C1OCCCC. The highest BCUT2D eigenvalue weighted by atomic mass is 16.6. The predicted molar refractivity (Wildman–Crippen MR) is 100 cm³/mol. The van der Waals surface area contributed by atoms with E-state index in [0.29, 0.717) is 33.0 Å². The van der Waals surface area contributed by atoms with Crippen molar-refractivity contribution in [3.05, 3.63) is 0 Å². The van der Waals surface area contributed by atoms with E-state index in [1.165, 1.54) is 6.92 Å². The van der Waals surface area contributed by atoms with Gasteiger partial charge in [-0.25, -0.2) is 0 Å². The van der Waals surface area contributed by atoms with E-state index in [1.807, 2.05) is 0 Å². The first-order valence-electron chi connectivity index (χ1n) is 10.2. The number of unbranched alkanes of at least 4 members (excludes halogenated alkanes) is 3. The Morgan fingerprint density at radius 3 is 1.77 bits per heavy atom. The quantitative estimate of drug-likeness (QED) is 0.363. The molecule has 6 nitrogen and oxygen atoms in total. The van der Waals surface area contributed by atoms with Gasteiger partial charge in [-0.3, -0.25) is 4.79 Å². The Hall–Kier alpha value is -0.690. The van der Waals surface area contributed by atoms with Gasteiger partial charge in [0.15, 0.2) is 6.10 Å². The minimum Gasteiger partial charge on any atom is -0.457 e. The van der Waals surface area contributed by atoms with Crippen LogP contribution >= 0.6 is 0 Å². The summed E-state index contributed by atoms with van der Waals surface area (Å²) >= 11 is 0. The Kier molecular flexibility index (Phi) is 12.9. The van der Waals surface area contributed by atoms with Crippen LogP contribution in [0.25, 0.3) is 0 Å². The number of ether oxygens (including phenoxy) is 5. The van der Waals surface area contributed by atoms with Gasteiger partial charge in [0.1, 0.15) is 18.3 Å². The molecule has 0 spiro atoms. The zero-order valence-corrected chi connectivity index (χ0v) is 17.0. The Labute approximate surface area is 158 Å². The van der Waals surface area contributed by atoms with Gasteiger partial charge in [0.25, 0.3) is 0 Å². The molecule has 3 unspecified atom stereocenters. The number of rotatable bonds is 13. The highest BCUT2D eigenvalue weighted by Gasteiger charge is 2.42. The molecule has 6 heteroatoms. The van der Waals surface area contributed by atoms with Gasteiger partial charge in [-0.15, -0.1) is 0 Å². The number of carbonyl (C=O) groups is 1. The van der Waals surface area contributed by atoms with Crippen LogP contribution in [0.1, 0.15) is 66.2 Å². The Morgan fingerprint density at radius 2 is 1.27 bits per heavy atom. The standard InChI is InChI=1S/C20H38O6/c1-5-8-11-23-17-14-22-15-18(26-16(4)21)20(25-13-10-7-3)19(17)24-12-9-6-2/h17-20H,5-15H2,1-4H3/t17-,18?,19?,20?/m1/s1. The maximum atomic E-state index is 11.6. The molecule has 0 bridgehead atoms. The molecule has 0 radical (unpaired) electrons. The van der Waals surface area contributed by atoms with Crippen LogP contribution in [0.15, 0.2) is 0 Å². The molecule has 0 aliphatic carbocycles. The van der Waals surface area contributed by atoms with E-state index >= 15 is 0 Å². The lowest BCUT2D eigenvalue weighted by atomic mass is 10.0.